The second-order valence-electron chi connectivity index (χ2n) is 10.3. The number of aliphatic hydroxyl groups excluding tert-OH is 1. The summed E-state index contributed by atoms with van der Waals surface area (Å²) in [5.74, 6) is 0.269. The number of unbranched alkanes of at least 4 members (excludes halogenated alkanes) is 1. The largest absolute Gasteiger partial charge is 0.389 e. The van der Waals surface area contributed by atoms with Crippen LogP contribution in [0.1, 0.15) is 69.4 Å². The zero-order chi connectivity index (χ0) is 25.0. The molecule has 2 aliphatic heterocycles. The van der Waals surface area contributed by atoms with E-state index in [4.69, 9.17) is 11.6 Å². The van der Waals surface area contributed by atoms with E-state index in [0.29, 0.717) is 23.8 Å². The number of rotatable bonds is 9. The molecular weight excluding hydrogens is 476 g/mol. The van der Waals surface area contributed by atoms with E-state index in [-0.39, 0.29) is 12.0 Å². The highest BCUT2D eigenvalue weighted by Gasteiger charge is 2.45. The van der Waals surface area contributed by atoms with Gasteiger partial charge in [-0.2, -0.15) is 0 Å². The van der Waals surface area contributed by atoms with Crippen LogP contribution in [0.25, 0.3) is 6.08 Å². The second-order valence-corrected chi connectivity index (χ2v) is 11.6. The van der Waals surface area contributed by atoms with Crippen molar-refractivity contribution in [1.29, 1.82) is 0 Å². The number of anilines is 1. The molecule has 2 aliphatic rings. The van der Waals surface area contributed by atoms with Crippen LogP contribution >= 0.6 is 23.4 Å². The lowest BCUT2D eigenvalue weighted by molar-refractivity contribution is -0.0262. The summed E-state index contributed by atoms with van der Waals surface area (Å²) in [6, 6.07) is 14.2. The van der Waals surface area contributed by atoms with Gasteiger partial charge in [-0.15, -0.1) is 11.8 Å². The summed E-state index contributed by atoms with van der Waals surface area (Å²) in [5, 5.41) is 31.1. The lowest BCUT2D eigenvalue weighted by atomic mass is 9.68. The van der Waals surface area contributed by atoms with Gasteiger partial charge in [-0.3, -0.25) is 0 Å². The van der Waals surface area contributed by atoms with Gasteiger partial charge in [0.05, 0.1) is 5.60 Å². The van der Waals surface area contributed by atoms with Gasteiger partial charge < -0.3 is 20.8 Å². The minimum absolute atomic E-state index is 0.250. The smallest absolute Gasteiger partial charge is 0.147 e. The van der Waals surface area contributed by atoms with Gasteiger partial charge in [0.25, 0.3) is 0 Å². The summed E-state index contributed by atoms with van der Waals surface area (Å²) in [5.41, 5.74) is 2.76. The van der Waals surface area contributed by atoms with Gasteiger partial charge in [0, 0.05) is 27.6 Å². The van der Waals surface area contributed by atoms with Crippen molar-refractivity contribution in [3.05, 3.63) is 64.2 Å². The number of fused-ring (bicyclic) bond motifs is 1. The van der Waals surface area contributed by atoms with Crippen LogP contribution in [0.2, 0.25) is 5.02 Å². The van der Waals surface area contributed by atoms with Gasteiger partial charge >= 0.3 is 0 Å². The van der Waals surface area contributed by atoms with Gasteiger partial charge in [0.1, 0.15) is 6.23 Å². The highest BCUT2D eigenvalue weighted by molar-refractivity contribution is 7.98. The number of nitrogens with one attached hydrogen (secondary N) is 2. The molecule has 0 amide bonds. The zero-order valence-electron chi connectivity index (χ0n) is 21.1. The quantitative estimate of drug-likeness (QED) is 0.281. The minimum atomic E-state index is -0.975. The molecule has 1 saturated heterocycles. The Balaban J connectivity index is 1.70. The Hall–Kier alpha value is -1.50. The summed E-state index contributed by atoms with van der Waals surface area (Å²) < 4.78 is 0. The van der Waals surface area contributed by atoms with E-state index in [1.54, 1.807) is 11.8 Å². The van der Waals surface area contributed by atoms with Gasteiger partial charge in [-0.05, 0) is 91.1 Å². The van der Waals surface area contributed by atoms with Gasteiger partial charge in [0.15, 0.2) is 0 Å². The van der Waals surface area contributed by atoms with E-state index in [1.807, 2.05) is 30.3 Å². The second kappa shape index (κ2) is 11.7. The first-order chi connectivity index (χ1) is 16.8. The molecule has 0 radical (unpaired) electrons. The molecule has 5 unspecified atom stereocenters. The van der Waals surface area contributed by atoms with Crippen molar-refractivity contribution >= 4 is 35.1 Å². The van der Waals surface area contributed by atoms with Crippen molar-refractivity contribution in [2.75, 3.05) is 18.1 Å². The third-order valence-corrected chi connectivity index (χ3v) is 8.57. The fourth-order valence-electron chi connectivity index (χ4n) is 5.80. The van der Waals surface area contributed by atoms with E-state index >= 15 is 0 Å². The molecule has 5 atom stereocenters. The molecule has 2 heterocycles. The van der Waals surface area contributed by atoms with Crippen LogP contribution in [0.4, 0.5) is 5.69 Å². The number of piperidine rings is 1. The lowest BCUT2D eigenvalue weighted by Crippen LogP contribution is -2.53. The summed E-state index contributed by atoms with van der Waals surface area (Å²) in [6.45, 7) is 5.31. The Labute approximate surface area is 219 Å². The Morgan fingerprint density at radius 2 is 1.97 bits per heavy atom. The number of thioether (sulfide) groups is 1. The average molecular weight is 515 g/mol. The van der Waals surface area contributed by atoms with Gasteiger partial charge in [-0.1, -0.05) is 56.8 Å². The van der Waals surface area contributed by atoms with E-state index in [2.05, 4.69) is 48.9 Å². The molecule has 4 rings (SSSR count). The maximum Gasteiger partial charge on any atom is 0.147 e. The van der Waals surface area contributed by atoms with E-state index in [0.717, 1.165) is 35.4 Å². The molecule has 0 aliphatic carbocycles. The molecule has 0 aromatic heterocycles. The van der Waals surface area contributed by atoms with Crippen molar-refractivity contribution in [2.45, 2.75) is 81.1 Å². The van der Waals surface area contributed by atoms with Crippen molar-refractivity contribution in [3.8, 4) is 0 Å². The van der Waals surface area contributed by atoms with Crippen molar-refractivity contribution in [1.82, 2.24) is 5.32 Å². The first-order valence-corrected chi connectivity index (χ1v) is 14.5. The molecule has 1 fully saturated rings. The highest BCUT2D eigenvalue weighted by atomic mass is 35.5. The van der Waals surface area contributed by atoms with Crippen LogP contribution < -0.4 is 10.6 Å². The first kappa shape index (κ1) is 26.6. The summed E-state index contributed by atoms with van der Waals surface area (Å²) in [6.07, 6.45) is 9.27. The topological polar surface area (TPSA) is 64.5 Å². The van der Waals surface area contributed by atoms with E-state index in [9.17, 15) is 10.2 Å². The van der Waals surface area contributed by atoms with Crippen molar-refractivity contribution in [2.24, 2.45) is 5.92 Å². The Bertz CT molecular complexity index is 1030. The normalized spacial score (nSPS) is 25.8. The number of hydrogen-bond donors (Lipinski definition) is 4. The van der Waals surface area contributed by atoms with Crippen molar-refractivity contribution in [3.63, 3.8) is 0 Å². The fourth-order valence-corrected chi connectivity index (χ4v) is 6.37. The lowest BCUT2D eigenvalue weighted by Gasteiger charge is -2.46. The summed E-state index contributed by atoms with van der Waals surface area (Å²) in [7, 11) is 0. The molecule has 6 heteroatoms. The third-order valence-electron chi connectivity index (χ3n) is 7.59. The SMILES string of the molecule is CCCCC(C)CC1CC(O)(C(C2=Cc3cc(SC)ccc3NC2O)c2ccc(Cl)cc2)CCN1. The Morgan fingerprint density at radius 1 is 1.20 bits per heavy atom. The van der Waals surface area contributed by atoms with Crippen LogP contribution in [0.3, 0.4) is 0 Å². The molecule has 0 spiro atoms. The minimum Gasteiger partial charge on any atom is -0.389 e. The third kappa shape index (κ3) is 6.26. The Morgan fingerprint density at radius 3 is 2.69 bits per heavy atom. The van der Waals surface area contributed by atoms with Crippen LogP contribution in [0.5, 0.6) is 0 Å². The predicted octanol–water partition coefficient (Wildman–Crippen LogP) is 6.67. The molecule has 4 N–H and O–H groups in total. The summed E-state index contributed by atoms with van der Waals surface area (Å²) in [4.78, 5) is 1.17. The number of aliphatic hydroxyl groups is 2. The molecule has 35 heavy (non-hydrogen) atoms. The fraction of sp³-hybridized carbons (Fsp3) is 0.517. The van der Waals surface area contributed by atoms with Gasteiger partial charge in [-0.25, -0.2) is 0 Å². The summed E-state index contributed by atoms with van der Waals surface area (Å²) >= 11 is 7.92. The molecule has 2 aromatic carbocycles. The molecular formula is C29H39ClN2O2S. The molecule has 0 saturated carbocycles. The van der Waals surface area contributed by atoms with Crippen LogP contribution in [-0.2, 0) is 0 Å². The maximum atomic E-state index is 12.3. The number of hydrogen-bond acceptors (Lipinski definition) is 5. The van der Waals surface area contributed by atoms with E-state index in [1.165, 1.54) is 24.2 Å². The van der Waals surface area contributed by atoms with Gasteiger partial charge in [0.2, 0.25) is 0 Å². The highest BCUT2D eigenvalue weighted by Crippen LogP contribution is 2.46. The average Bonchev–Trinajstić information content (AvgIpc) is 2.84. The first-order valence-electron chi connectivity index (χ1n) is 12.9. The molecule has 190 valence electrons. The van der Waals surface area contributed by atoms with Crippen LogP contribution in [0, 0.1) is 5.92 Å². The monoisotopic (exact) mass is 514 g/mol. The Kier molecular flexibility index (Phi) is 8.88. The maximum absolute atomic E-state index is 12.3. The van der Waals surface area contributed by atoms with Crippen LogP contribution in [0.15, 0.2) is 52.9 Å². The zero-order valence-corrected chi connectivity index (χ0v) is 22.6. The predicted molar refractivity (Wildman–Crippen MR) is 149 cm³/mol. The number of benzene rings is 2. The van der Waals surface area contributed by atoms with Crippen molar-refractivity contribution < 1.29 is 10.2 Å². The molecule has 0 bridgehead atoms. The van der Waals surface area contributed by atoms with Crippen LogP contribution in [-0.4, -0.2) is 40.9 Å². The molecule has 4 nitrogen and oxygen atoms in total. The number of halogens is 1. The van der Waals surface area contributed by atoms with E-state index < -0.39 is 11.8 Å². The standard InChI is InChI=1S/C29H39ClN2O2S/c1-4-5-6-19(2)15-23-18-29(34,13-14-31-23)27(20-7-9-22(30)10-8-20)25-17-21-16-24(35-3)11-12-26(21)32-28(25)33/h7-12,16-17,19,23,27-28,31-34H,4-6,13-15,18H2,1-3H3. The molecule has 2 aromatic rings.